The number of nitrogens with zero attached hydrogens (tertiary/aromatic N) is 3. The van der Waals surface area contributed by atoms with Crippen molar-refractivity contribution in [3.05, 3.63) is 89.6 Å². The van der Waals surface area contributed by atoms with Gasteiger partial charge < -0.3 is 15.1 Å². The normalized spacial score (nSPS) is 11.2. The van der Waals surface area contributed by atoms with Crippen LogP contribution < -0.4 is 10.6 Å². The van der Waals surface area contributed by atoms with Gasteiger partial charge in [-0.2, -0.15) is 0 Å². The molecule has 0 fully saturated rings. The van der Waals surface area contributed by atoms with Crippen molar-refractivity contribution in [2.75, 3.05) is 20.6 Å². The van der Waals surface area contributed by atoms with Crippen molar-refractivity contribution in [2.24, 2.45) is 4.99 Å². The summed E-state index contributed by atoms with van der Waals surface area (Å²) in [7, 11) is 3.89. The molecular formula is C23H30IN5O. The van der Waals surface area contributed by atoms with E-state index in [2.05, 4.69) is 56.8 Å². The zero-order valence-electron chi connectivity index (χ0n) is 17.5. The highest BCUT2D eigenvalue weighted by Crippen LogP contribution is 2.13. The van der Waals surface area contributed by atoms with Crippen molar-refractivity contribution in [1.29, 1.82) is 0 Å². The van der Waals surface area contributed by atoms with Crippen LogP contribution in [0, 0.1) is 0 Å². The predicted octanol–water partition coefficient (Wildman–Crippen LogP) is 3.83. The molecular weight excluding hydrogens is 489 g/mol. The molecule has 0 aliphatic rings. The van der Waals surface area contributed by atoms with Gasteiger partial charge in [-0.05, 0) is 42.4 Å². The Morgan fingerprint density at radius 3 is 2.50 bits per heavy atom. The highest BCUT2D eigenvalue weighted by Gasteiger charge is 2.08. The van der Waals surface area contributed by atoms with Gasteiger partial charge in [-0.15, -0.1) is 24.0 Å². The molecule has 2 N–H and O–H groups in total. The minimum atomic E-state index is 0. The van der Waals surface area contributed by atoms with Crippen LogP contribution in [0.3, 0.4) is 0 Å². The van der Waals surface area contributed by atoms with Crippen LogP contribution in [-0.4, -0.2) is 36.5 Å². The second-order valence-electron chi connectivity index (χ2n) is 6.94. The van der Waals surface area contributed by atoms with E-state index in [1.54, 1.807) is 13.3 Å². The highest BCUT2D eigenvalue weighted by molar-refractivity contribution is 14.0. The van der Waals surface area contributed by atoms with Crippen molar-refractivity contribution in [1.82, 2.24) is 20.5 Å². The summed E-state index contributed by atoms with van der Waals surface area (Å²) in [6.07, 6.45) is 4.39. The molecule has 0 atom stereocenters. The van der Waals surface area contributed by atoms with Gasteiger partial charge in [-0.25, -0.2) is 0 Å². The standard InChI is InChI=1S/C23H29N5O.HI/c1-24-23(26-14-12-21-10-5-6-13-25-21)27-16-19-8-3-4-9-20(19)17-28(2)18-22-11-7-15-29-22;/h3-11,13,15H,12,14,16-18H2,1-2H3,(H2,24,26,27);1H. The first kappa shape index (κ1) is 23.9. The zero-order chi connectivity index (χ0) is 20.3. The molecule has 0 aliphatic carbocycles. The van der Waals surface area contributed by atoms with E-state index in [1.807, 2.05) is 36.5 Å². The van der Waals surface area contributed by atoms with Crippen molar-refractivity contribution >= 4 is 29.9 Å². The Morgan fingerprint density at radius 1 is 1.00 bits per heavy atom. The molecule has 2 heterocycles. The van der Waals surface area contributed by atoms with Crippen LogP contribution in [0.4, 0.5) is 0 Å². The van der Waals surface area contributed by atoms with E-state index < -0.39 is 0 Å². The third kappa shape index (κ3) is 7.79. The third-order valence-electron chi connectivity index (χ3n) is 4.63. The van der Waals surface area contributed by atoms with E-state index in [1.165, 1.54) is 11.1 Å². The monoisotopic (exact) mass is 519 g/mol. The molecule has 0 bridgehead atoms. The molecule has 2 aromatic heterocycles. The van der Waals surface area contributed by atoms with Gasteiger partial charge in [-0.1, -0.05) is 30.3 Å². The van der Waals surface area contributed by atoms with E-state index in [-0.39, 0.29) is 24.0 Å². The van der Waals surface area contributed by atoms with Crippen LogP contribution in [0.1, 0.15) is 22.6 Å². The number of aliphatic imine (C=N–C) groups is 1. The molecule has 0 saturated carbocycles. The number of hydrogen-bond acceptors (Lipinski definition) is 4. The number of rotatable bonds is 9. The lowest BCUT2D eigenvalue weighted by atomic mass is 10.1. The Morgan fingerprint density at radius 2 is 1.80 bits per heavy atom. The van der Waals surface area contributed by atoms with Gasteiger partial charge in [-0.3, -0.25) is 14.9 Å². The Hall–Kier alpha value is -2.39. The Bertz CT molecular complexity index is 884. The van der Waals surface area contributed by atoms with E-state index in [9.17, 15) is 0 Å². The SMILES string of the molecule is CN=C(NCCc1ccccn1)NCc1ccccc1CN(C)Cc1ccco1.I. The molecule has 0 spiro atoms. The van der Waals surface area contributed by atoms with E-state index in [4.69, 9.17) is 4.42 Å². The van der Waals surface area contributed by atoms with Gasteiger partial charge in [0, 0.05) is 45.0 Å². The fourth-order valence-electron chi connectivity index (χ4n) is 3.15. The van der Waals surface area contributed by atoms with Crippen molar-refractivity contribution < 1.29 is 4.42 Å². The third-order valence-corrected chi connectivity index (χ3v) is 4.63. The first-order chi connectivity index (χ1) is 14.2. The van der Waals surface area contributed by atoms with Crippen molar-refractivity contribution in [3.63, 3.8) is 0 Å². The molecule has 3 aromatic rings. The average molecular weight is 519 g/mol. The minimum Gasteiger partial charge on any atom is -0.468 e. The van der Waals surface area contributed by atoms with Crippen LogP contribution in [-0.2, 0) is 26.1 Å². The topological polar surface area (TPSA) is 65.7 Å². The fourth-order valence-corrected chi connectivity index (χ4v) is 3.15. The predicted molar refractivity (Wildman–Crippen MR) is 132 cm³/mol. The lowest BCUT2D eigenvalue weighted by molar-refractivity contribution is 0.287. The lowest BCUT2D eigenvalue weighted by Gasteiger charge is -2.19. The highest BCUT2D eigenvalue weighted by atomic mass is 127. The van der Waals surface area contributed by atoms with Crippen LogP contribution in [0.2, 0.25) is 0 Å². The quantitative estimate of drug-likeness (QED) is 0.256. The molecule has 7 heteroatoms. The molecule has 0 saturated heterocycles. The first-order valence-corrected chi connectivity index (χ1v) is 9.86. The summed E-state index contributed by atoms with van der Waals surface area (Å²) >= 11 is 0. The van der Waals surface area contributed by atoms with Crippen molar-refractivity contribution in [3.8, 4) is 0 Å². The summed E-state index contributed by atoms with van der Waals surface area (Å²) in [6, 6.07) is 18.4. The maximum atomic E-state index is 5.45. The fraction of sp³-hybridized carbons (Fsp3) is 0.304. The molecule has 0 amide bonds. The van der Waals surface area contributed by atoms with Gasteiger partial charge in [0.25, 0.3) is 0 Å². The largest absolute Gasteiger partial charge is 0.468 e. The van der Waals surface area contributed by atoms with Gasteiger partial charge >= 0.3 is 0 Å². The maximum Gasteiger partial charge on any atom is 0.191 e. The van der Waals surface area contributed by atoms with E-state index >= 15 is 0 Å². The lowest BCUT2D eigenvalue weighted by Crippen LogP contribution is -2.38. The van der Waals surface area contributed by atoms with E-state index in [0.29, 0.717) is 6.54 Å². The average Bonchev–Trinajstić information content (AvgIpc) is 3.25. The Kier molecular flexibility index (Phi) is 10.4. The van der Waals surface area contributed by atoms with E-state index in [0.717, 1.165) is 43.5 Å². The number of nitrogens with one attached hydrogen (secondary N) is 2. The summed E-state index contributed by atoms with van der Waals surface area (Å²) in [5.41, 5.74) is 3.62. The summed E-state index contributed by atoms with van der Waals surface area (Å²) in [5, 5.41) is 6.77. The van der Waals surface area contributed by atoms with Crippen LogP contribution >= 0.6 is 24.0 Å². The Balaban J connectivity index is 0.00000320. The van der Waals surface area contributed by atoms with Crippen LogP contribution in [0.25, 0.3) is 0 Å². The number of benzene rings is 1. The number of pyridine rings is 1. The van der Waals surface area contributed by atoms with Crippen molar-refractivity contribution in [2.45, 2.75) is 26.1 Å². The number of aromatic nitrogens is 1. The Labute approximate surface area is 195 Å². The second-order valence-corrected chi connectivity index (χ2v) is 6.94. The molecule has 0 unspecified atom stereocenters. The number of guanidine groups is 1. The molecule has 3 rings (SSSR count). The summed E-state index contributed by atoms with van der Waals surface area (Å²) < 4.78 is 5.45. The molecule has 0 radical (unpaired) electrons. The second kappa shape index (κ2) is 13.0. The number of halogens is 1. The zero-order valence-corrected chi connectivity index (χ0v) is 19.9. The summed E-state index contributed by atoms with van der Waals surface area (Å²) in [5.74, 6) is 1.76. The smallest absolute Gasteiger partial charge is 0.191 e. The van der Waals surface area contributed by atoms with Gasteiger partial charge in [0.1, 0.15) is 5.76 Å². The van der Waals surface area contributed by atoms with Gasteiger partial charge in [0.2, 0.25) is 0 Å². The maximum absolute atomic E-state index is 5.45. The molecule has 30 heavy (non-hydrogen) atoms. The number of furan rings is 1. The first-order valence-electron chi connectivity index (χ1n) is 9.86. The van der Waals surface area contributed by atoms with Gasteiger partial charge in [0.05, 0.1) is 12.8 Å². The van der Waals surface area contributed by atoms with Crippen LogP contribution in [0.5, 0.6) is 0 Å². The molecule has 6 nitrogen and oxygen atoms in total. The molecule has 1 aromatic carbocycles. The van der Waals surface area contributed by atoms with Gasteiger partial charge in [0.15, 0.2) is 5.96 Å². The molecule has 0 aliphatic heterocycles. The van der Waals surface area contributed by atoms with Crippen LogP contribution in [0.15, 0.2) is 76.5 Å². The molecule has 160 valence electrons. The number of hydrogen-bond donors (Lipinski definition) is 2. The minimum absolute atomic E-state index is 0. The summed E-state index contributed by atoms with van der Waals surface area (Å²) in [6.45, 7) is 3.13. The summed E-state index contributed by atoms with van der Waals surface area (Å²) in [4.78, 5) is 10.9.